The Balaban J connectivity index is 2.28. The Morgan fingerprint density at radius 3 is 2.84 bits per heavy atom. The van der Waals surface area contributed by atoms with Gasteiger partial charge in [0.05, 0.1) is 28.2 Å². The number of pyridine rings is 1. The first kappa shape index (κ1) is 13.3. The summed E-state index contributed by atoms with van der Waals surface area (Å²) in [6.45, 7) is 0. The minimum Gasteiger partial charge on any atom is -0.322 e. The molecule has 1 aromatic heterocycles. The van der Waals surface area contributed by atoms with E-state index in [1.807, 2.05) is 0 Å². The van der Waals surface area contributed by atoms with E-state index in [4.69, 9.17) is 17.4 Å². The van der Waals surface area contributed by atoms with Gasteiger partial charge in [-0.2, -0.15) is 0 Å². The molecule has 19 heavy (non-hydrogen) atoms. The number of nitrogens with two attached hydrogens (primary N) is 1. The number of aromatic nitrogens is 1. The molecule has 2 aromatic rings. The highest BCUT2D eigenvalue weighted by Crippen LogP contribution is 2.23. The molecule has 0 saturated heterocycles. The Morgan fingerprint density at radius 1 is 1.32 bits per heavy atom. The van der Waals surface area contributed by atoms with Crippen LogP contribution in [0, 0.1) is 5.82 Å². The number of amides is 1. The van der Waals surface area contributed by atoms with E-state index in [0.717, 1.165) is 0 Å². The minimum absolute atomic E-state index is 0.00252. The largest absolute Gasteiger partial charge is 0.322 e. The van der Waals surface area contributed by atoms with Gasteiger partial charge in [0.1, 0.15) is 0 Å². The van der Waals surface area contributed by atoms with E-state index >= 15 is 0 Å². The lowest BCUT2D eigenvalue weighted by Gasteiger charge is -2.10. The summed E-state index contributed by atoms with van der Waals surface area (Å²) in [4.78, 5) is 15.8. The summed E-state index contributed by atoms with van der Waals surface area (Å²) < 4.78 is 13.7. The van der Waals surface area contributed by atoms with Gasteiger partial charge >= 0.3 is 0 Å². The summed E-state index contributed by atoms with van der Waals surface area (Å²) in [7, 11) is 0. The van der Waals surface area contributed by atoms with Crippen molar-refractivity contribution in [1.29, 1.82) is 0 Å². The second kappa shape index (κ2) is 5.64. The van der Waals surface area contributed by atoms with Crippen molar-refractivity contribution in [3.05, 3.63) is 53.1 Å². The quantitative estimate of drug-likeness (QED) is 0.596. The third-order valence-electron chi connectivity index (χ3n) is 2.42. The first-order valence-corrected chi connectivity index (χ1v) is 5.67. The van der Waals surface area contributed by atoms with Gasteiger partial charge in [-0.05, 0) is 18.2 Å². The number of hydrogen-bond acceptors (Lipinski definition) is 4. The molecule has 0 aliphatic carbocycles. The topological polar surface area (TPSA) is 80.0 Å². The molecular weight excluding hydrogens is 271 g/mol. The van der Waals surface area contributed by atoms with Crippen LogP contribution in [0.1, 0.15) is 10.4 Å². The van der Waals surface area contributed by atoms with E-state index < -0.39 is 11.7 Å². The average Bonchev–Trinajstić information content (AvgIpc) is 2.43. The van der Waals surface area contributed by atoms with Crippen LogP contribution >= 0.6 is 11.6 Å². The Hall–Kier alpha value is -2.18. The lowest BCUT2D eigenvalue weighted by Crippen LogP contribution is -2.18. The van der Waals surface area contributed by atoms with Crippen molar-refractivity contribution in [2.24, 2.45) is 5.84 Å². The SMILES string of the molecule is NNc1cnccc1C(=O)Nc1cccc(Cl)c1F. The Bertz CT molecular complexity index is 620. The molecule has 0 fully saturated rings. The highest BCUT2D eigenvalue weighted by atomic mass is 35.5. The van der Waals surface area contributed by atoms with Crippen LogP contribution in [0.15, 0.2) is 36.7 Å². The van der Waals surface area contributed by atoms with Crippen molar-refractivity contribution in [2.75, 3.05) is 10.7 Å². The number of nitrogens with one attached hydrogen (secondary N) is 2. The second-order valence-electron chi connectivity index (χ2n) is 3.62. The van der Waals surface area contributed by atoms with Crippen molar-refractivity contribution < 1.29 is 9.18 Å². The number of hydrazine groups is 1. The van der Waals surface area contributed by atoms with E-state index in [1.165, 1.54) is 36.7 Å². The van der Waals surface area contributed by atoms with Gasteiger partial charge in [-0.25, -0.2) is 4.39 Å². The smallest absolute Gasteiger partial charge is 0.258 e. The van der Waals surface area contributed by atoms with Gasteiger partial charge in [0.2, 0.25) is 0 Å². The van der Waals surface area contributed by atoms with Crippen molar-refractivity contribution in [2.45, 2.75) is 0 Å². The highest BCUT2D eigenvalue weighted by Gasteiger charge is 2.14. The molecule has 4 N–H and O–H groups in total. The molecule has 7 heteroatoms. The van der Waals surface area contributed by atoms with Gasteiger partial charge < -0.3 is 10.7 Å². The zero-order valence-corrected chi connectivity index (χ0v) is 10.4. The Morgan fingerprint density at radius 2 is 2.11 bits per heavy atom. The molecule has 1 heterocycles. The molecule has 1 amide bonds. The number of carbonyl (C=O) groups is 1. The summed E-state index contributed by atoms with van der Waals surface area (Å²) in [6, 6.07) is 5.81. The van der Waals surface area contributed by atoms with E-state index in [9.17, 15) is 9.18 Å². The predicted octanol–water partition coefficient (Wildman–Crippen LogP) is 2.41. The van der Waals surface area contributed by atoms with E-state index in [-0.39, 0.29) is 16.3 Å². The monoisotopic (exact) mass is 280 g/mol. The van der Waals surface area contributed by atoms with Crippen molar-refractivity contribution in [1.82, 2.24) is 4.98 Å². The molecule has 0 aliphatic heterocycles. The number of halogens is 2. The van der Waals surface area contributed by atoms with Crippen LogP contribution in [0.25, 0.3) is 0 Å². The highest BCUT2D eigenvalue weighted by molar-refractivity contribution is 6.31. The van der Waals surface area contributed by atoms with Crippen molar-refractivity contribution in [3.8, 4) is 0 Å². The summed E-state index contributed by atoms with van der Waals surface area (Å²) in [5.41, 5.74) is 2.93. The molecule has 98 valence electrons. The van der Waals surface area contributed by atoms with Crippen LogP contribution in [0.4, 0.5) is 15.8 Å². The second-order valence-corrected chi connectivity index (χ2v) is 4.03. The normalized spacial score (nSPS) is 10.1. The minimum atomic E-state index is -0.686. The Labute approximate surface area is 113 Å². The fourth-order valence-electron chi connectivity index (χ4n) is 1.50. The van der Waals surface area contributed by atoms with E-state index in [1.54, 1.807) is 0 Å². The molecule has 0 aliphatic rings. The molecule has 1 aromatic carbocycles. The average molecular weight is 281 g/mol. The van der Waals surface area contributed by atoms with Crippen LogP contribution in [0.3, 0.4) is 0 Å². The lowest BCUT2D eigenvalue weighted by atomic mass is 10.2. The van der Waals surface area contributed by atoms with Gasteiger partial charge in [0, 0.05) is 6.20 Å². The van der Waals surface area contributed by atoms with Gasteiger partial charge in [0.25, 0.3) is 5.91 Å². The first-order valence-electron chi connectivity index (χ1n) is 5.29. The third-order valence-corrected chi connectivity index (χ3v) is 2.71. The third kappa shape index (κ3) is 2.81. The van der Waals surface area contributed by atoms with Crippen LogP contribution in [0.5, 0.6) is 0 Å². The van der Waals surface area contributed by atoms with Crippen molar-refractivity contribution in [3.63, 3.8) is 0 Å². The summed E-state index contributed by atoms with van der Waals surface area (Å²) in [6.07, 6.45) is 2.83. The number of nitrogen functional groups attached to an aromatic ring is 1. The number of benzene rings is 1. The fraction of sp³-hybridized carbons (Fsp3) is 0. The molecule has 0 saturated carbocycles. The standard InChI is InChI=1S/C12H10ClFN4O/c13-8-2-1-3-9(11(8)14)17-12(19)7-4-5-16-6-10(7)18-15/h1-6,18H,15H2,(H,17,19). The molecule has 0 radical (unpaired) electrons. The predicted molar refractivity (Wildman–Crippen MR) is 71.4 cm³/mol. The molecule has 2 rings (SSSR count). The molecular formula is C12H10ClFN4O. The fourth-order valence-corrected chi connectivity index (χ4v) is 1.67. The van der Waals surface area contributed by atoms with E-state index in [2.05, 4.69) is 15.7 Å². The zero-order chi connectivity index (χ0) is 13.8. The van der Waals surface area contributed by atoms with Gasteiger partial charge in [-0.3, -0.25) is 15.6 Å². The zero-order valence-electron chi connectivity index (χ0n) is 9.65. The van der Waals surface area contributed by atoms with Crippen LogP contribution < -0.4 is 16.6 Å². The Kier molecular flexibility index (Phi) is 3.94. The first-order chi connectivity index (χ1) is 9.13. The molecule has 0 atom stereocenters. The van der Waals surface area contributed by atoms with Crippen LogP contribution in [-0.4, -0.2) is 10.9 Å². The van der Waals surface area contributed by atoms with Gasteiger partial charge in [0.15, 0.2) is 5.82 Å². The lowest BCUT2D eigenvalue weighted by molar-refractivity contribution is 0.102. The summed E-state index contributed by atoms with van der Waals surface area (Å²) in [5, 5.41) is 2.36. The maximum atomic E-state index is 13.7. The molecule has 0 spiro atoms. The van der Waals surface area contributed by atoms with Gasteiger partial charge in [-0.1, -0.05) is 17.7 Å². The summed E-state index contributed by atoms with van der Waals surface area (Å²) >= 11 is 5.63. The molecule has 0 bridgehead atoms. The number of nitrogens with zero attached hydrogens (tertiary/aromatic N) is 1. The number of rotatable bonds is 3. The number of hydrogen-bond donors (Lipinski definition) is 3. The van der Waals surface area contributed by atoms with Gasteiger partial charge in [-0.15, -0.1) is 0 Å². The maximum Gasteiger partial charge on any atom is 0.258 e. The van der Waals surface area contributed by atoms with Crippen LogP contribution in [0.2, 0.25) is 5.02 Å². The maximum absolute atomic E-state index is 13.7. The van der Waals surface area contributed by atoms with Crippen LogP contribution in [-0.2, 0) is 0 Å². The summed E-state index contributed by atoms with van der Waals surface area (Å²) in [5.74, 6) is 4.07. The van der Waals surface area contributed by atoms with Crippen molar-refractivity contribution >= 4 is 28.9 Å². The molecule has 5 nitrogen and oxygen atoms in total. The van der Waals surface area contributed by atoms with E-state index in [0.29, 0.717) is 5.69 Å². The number of anilines is 2. The molecule has 0 unspecified atom stereocenters. The number of carbonyl (C=O) groups excluding carboxylic acids is 1.